The van der Waals surface area contributed by atoms with Gasteiger partial charge in [0.05, 0.1) is 12.1 Å². The van der Waals surface area contributed by atoms with Crippen molar-refractivity contribution in [3.05, 3.63) is 11.6 Å². The van der Waals surface area contributed by atoms with Crippen LogP contribution in [0, 0.1) is 0 Å². The molecule has 2 heterocycles. The maximum atomic E-state index is 11.6. The number of ether oxygens (including phenoxy) is 1. The molecule has 0 aromatic rings. The fourth-order valence-electron chi connectivity index (χ4n) is 2.96. The Labute approximate surface area is 115 Å². The number of carbonyl (C=O) groups excluding carboxylic acids is 1. The number of nitrogens with zero attached hydrogens (tertiary/aromatic N) is 1. The molecule has 2 aliphatic heterocycles. The van der Waals surface area contributed by atoms with Crippen LogP contribution in [0.2, 0.25) is 0 Å². The number of aliphatic hydroxyl groups is 1. The summed E-state index contributed by atoms with van der Waals surface area (Å²) in [6.45, 7) is 4.33. The van der Waals surface area contributed by atoms with Crippen molar-refractivity contribution in [3.63, 3.8) is 0 Å². The van der Waals surface area contributed by atoms with Crippen molar-refractivity contribution in [2.75, 3.05) is 19.7 Å². The molecule has 4 nitrogen and oxygen atoms in total. The van der Waals surface area contributed by atoms with Gasteiger partial charge in [-0.25, -0.2) is 0 Å². The molecule has 0 aliphatic carbocycles. The molecule has 1 fully saturated rings. The van der Waals surface area contributed by atoms with Crippen molar-refractivity contribution < 1.29 is 14.6 Å². The standard InChI is InChI=1S/C15H25NO3/c1-2-3-4-5-6-14(18)19-11-12-7-9-16-10-8-13(17)15(12)16/h7,13,15,17H,2-6,8-11H2,1H3/t13-,15?/m1/s1. The zero-order chi connectivity index (χ0) is 13.7. The van der Waals surface area contributed by atoms with Crippen LogP contribution in [-0.4, -0.2) is 47.8 Å². The molecule has 19 heavy (non-hydrogen) atoms. The van der Waals surface area contributed by atoms with Crippen LogP contribution in [0.3, 0.4) is 0 Å². The summed E-state index contributed by atoms with van der Waals surface area (Å²) in [6.07, 6.45) is 7.53. The van der Waals surface area contributed by atoms with Gasteiger partial charge in [0.1, 0.15) is 6.61 Å². The minimum atomic E-state index is -0.294. The second kappa shape index (κ2) is 7.06. The van der Waals surface area contributed by atoms with Crippen LogP contribution in [0.5, 0.6) is 0 Å². The highest BCUT2D eigenvalue weighted by molar-refractivity contribution is 5.69. The monoisotopic (exact) mass is 267 g/mol. The summed E-state index contributed by atoms with van der Waals surface area (Å²) < 4.78 is 5.32. The van der Waals surface area contributed by atoms with E-state index in [1.54, 1.807) is 0 Å². The third-order valence-corrected chi connectivity index (χ3v) is 4.07. The third-order valence-electron chi connectivity index (χ3n) is 4.07. The van der Waals surface area contributed by atoms with Crippen LogP contribution in [0.4, 0.5) is 0 Å². The highest BCUT2D eigenvalue weighted by atomic mass is 16.5. The lowest BCUT2D eigenvalue weighted by atomic mass is 10.1. The summed E-state index contributed by atoms with van der Waals surface area (Å²) in [6, 6.07) is 0.0906. The molecule has 4 heteroatoms. The molecule has 1 saturated heterocycles. The van der Waals surface area contributed by atoms with Gasteiger partial charge in [-0.1, -0.05) is 32.3 Å². The molecule has 0 aromatic carbocycles. The second-order valence-corrected chi connectivity index (χ2v) is 5.55. The Bertz CT molecular complexity index is 340. The normalized spacial score (nSPS) is 26.3. The van der Waals surface area contributed by atoms with Gasteiger partial charge in [0.25, 0.3) is 0 Å². The Kier molecular flexibility index (Phi) is 5.40. The van der Waals surface area contributed by atoms with Crippen LogP contribution >= 0.6 is 0 Å². The van der Waals surface area contributed by atoms with Crippen LogP contribution in [0.15, 0.2) is 11.6 Å². The van der Waals surface area contributed by atoms with Gasteiger partial charge in [-0.3, -0.25) is 9.69 Å². The van der Waals surface area contributed by atoms with E-state index in [-0.39, 0.29) is 18.1 Å². The molecule has 0 spiro atoms. The maximum Gasteiger partial charge on any atom is 0.306 e. The smallest absolute Gasteiger partial charge is 0.306 e. The molecule has 0 aromatic heterocycles. The van der Waals surface area contributed by atoms with Gasteiger partial charge in [0, 0.05) is 19.5 Å². The number of hydrogen-bond donors (Lipinski definition) is 1. The van der Waals surface area contributed by atoms with E-state index in [1.165, 1.54) is 12.8 Å². The second-order valence-electron chi connectivity index (χ2n) is 5.55. The Morgan fingerprint density at radius 3 is 3.11 bits per heavy atom. The Hall–Kier alpha value is -0.870. The lowest BCUT2D eigenvalue weighted by Crippen LogP contribution is -2.33. The molecule has 2 aliphatic rings. The third kappa shape index (κ3) is 3.80. The number of hydrogen-bond acceptors (Lipinski definition) is 4. The van der Waals surface area contributed by atoms with E-state index in [1.807, 2.05) is 0 Å². The van der Waals surface area contributed by atoms with Gasteiger partial charge in [-0.2, -0.15) is 0 Å². The van der Waals surface area contributed by atoms with Crippen molar-refractivity contribution in [1.29, 1.82) is 0 Å². The first-order valence-electron chi connectivity index (χ1n) is 7.49. The number of aliphatic hydroxyl groups excluding tert-OH is 1. The molecule has 0 amide bonds. The van der Waals surface area contributed by atoms with Crippen molar-refractivity contribution in [1.82, 2.24) is 4.90 Å². The number of unbranched alkanes of at least 4 members (excludes halogenated alkanes) is 3. The largest absolute Gasteiger partial charge is 0.461 e. The van der Waals surface area contributed by atoms with E-state index >= 15 is 0 Å². The summed E-state index contributed by atoms with van der Waals surface area (Å²) in [7, 11) is 0. The van der Waals surface area contributed by atoms with Gasteiger partial charge in [-0.05, 0) is 18.4 Å². The SMILES string of the molecule is CCCCCCC(=O)OCC1=CCN2CC[C@@H](O)C12. The molecule has 1 unspecified atom stereocenters. The van der Waals surface area contributed by atoms with E-state index in [9.17, 15) is 9.90 Å². The molecule has 0 saturated carbocycles. The lowest BCUT2D eigenvalue weighted by Gasteiger charge is -2.20. The average molecular weight is 267 g/mol. The topological polar surface area (TPSA) is 49.8 Å². The Balaban J connectivity index is 1.66. The molecular formula is C15H25NO3. The van der Waals surface area contributed by atoms with E-state index in [0.717, 1.165) is 37.9 Å². The molecule has 108 valence electrons. The van der Waals surface area contributed by atoms with Gasteiger partial charge < -0.3 is 9.84 Å². The number of fused-ring (bicyclic) bond motifs is 1. The van der Waals surface area contributed by atoms with Crippen molar-refractivity contribution in [3.8, 4) is 0 Å². The number of esters is 1. The van der Waals surface area contributed by atoms with Gasteiger partial charge in [0.15, 0.2) is 0 Å². The molecule has 2 atom stereocenters. The Morgan fingerprint density at radius 1 is 1.47 bits per heavy atom. The van der Waals surface area contributed by atoms with Crippen LogP contribution in [-0.2, 0) is 9.53 Å². The van der Waals surface area contributed by atoms with Gasteiger partial charge in [0.2, 0.25) is 0 Å². The summed E-state index contributed by atoms with van der Waals surface area (Å²) in [4.78, 5) is 13.9. The summed E-state index contributed by atoms with van der Waals surface area (Å²) in [5.41, 5.74) is 1.08. The van der Waals surface area contributed by atoms with E-state index in [4.69, 9.17) is 4.74 Å². The minimum absolute atomic E-state index is 0.0906. The fraction of sp³-hybridized carbons (Fsp3) is 0.800. The van der Waals surface area contributed by atoms with E-state index in [2.05, 4.69) is 17.9 Å². The van der Waals surface area contributed by atoms with Crippen LogP contribution < -0.4 is 0 Å². The maximum absolute atomic E-state index is 11.6. The van der Waals surface area contributed by atoms with Gasteiger partial charge in [-0.15, -0.1) is 0 Å². The molecule has 2 rings (SSSR count). The zero-order valence-corrected chi connectivity index (χ0v) is 11.8. The highest BCUT2D eigenvalue weighted by Crippen LogP contribution is 2.29. The Morgan fingerprint density at radius 2 is 2.32 bits per heavy atom. The number of rotatable bonds is 7. The molecular weight excluding hydrogens is 242 g/mol. The molecule has 1 N–H and O–H groups in total. The number of carbonyl (C=O) groups is 1. The summed E-state index contributed by atoms with van der Waals surface area (Å²) >= 11 is 0. The van der Waals surface area contributed by atoms with Crippen molar-refractivity contribution in [2.45, 2.75) is 57.6 Å². The van der Waals surface area contributed by atoms with E-state index < -0.39 is 0 Å². The van der Waals surface area contributed by atoms with Crippen LogP contribution in [0.25, 0.3) is 0 Å². The van der Waals surface area contributed by atoms with E-state index in [0.29, 0.717) is 13.0 Å². The molecule has 0 bridgehead atoms. The zero-order valence-electron chi connectivity index (χ0n) is 11.8. The van der Waals surface area contributed by atoms with Gasteiger partial charge >= 0.3 is 5.97 Å². The highest BCUT2D eigenvalue weighted by Gasteiger charge is 2.38. The average Bonchev–Trinajstić information content (AvgIpc) is 2.96. The van der Waals surface area contributed by atoms with Crippen LogP contribution in [0.1, 0.15) is 45.4 Å². The summed E-state index contributed by atoms with van der Waals surface area (Å²) in [5, 5.41) is 9.91. The predicted molar refractivity (Wildman–Crippen MR) is 73.8 cm³/mol. The predicted octanol–water partition coefficient (Wildman–Crippen LogP) is 1.88. The summed E-state index contributed by atoms with van der Waals surface area (Å²) in [5.74, 6) is -0.108. The minimum Gasteiger partial charge on any atom is -0.461 e. The fourth-order valence-corrected chi connectivity index (χ4v) is 2.96. The first-order valence-corrected chi connectivity index (χ1v) is 7.49. The quantitative estimate of drug-likeness (QED) is 0.435. The molecule has 0 radical (unpaired) electrons. The first kappa shape index (κ1) is 14.5. The first-order chi connectivity index (χ1) is 9.22. The van der Waals surface area contributed by atoms with Crippen molar-refractivity contribution >= 4 is 5.97 Å². The lowest BCUT2D eigenvalue weighted by molar-refractivity contribution is -0.143. The van der Waals surface area contributed by atoms with Crippen molar-refractivity contribution in [2.24, 2.45) is 0 Å².